The third-order valence-electron chi connectivity index (χ3n) is 14.1. The summed E-state index contributed by atoms with van der Waals surface area (Å²) in [6, 6.07) is 25.1. The van der Waals surface area contributed by atoms with Crippen molar-refractivity contribution >= 4 is 33.4 Å². The average Bonchev–Trinajstić information content (AvgIpc) is 4.16. The predicted octanol–water partition coefficient (Wildman–Crippen LogP) is 10.2. The molecule has 4 heterocycles. The summed E-state index contributed by atoms with van der Waals surface area (Å²) in [6.45, 7) is 13.4. The molecule has 14 nitrogen and oxygen atoms in total. The highest BCUT2D eigenvalue weighted by Crippen LogP contribution is 2.54. The molecule has 2 aliphatic carbocycles. The fourth-order valence-corrected chi connectivity index (χ4v) is 10.1. The maximum atomic E-state index is 13.4. The Balaban J connectivity index is 0.000000178. The van der Waals surface area contributed by atoms with E-state index in [4.69, 9.17) is 11.3 Å². The van der Waals surface area contributed by atoms with E-state index in [9.17, 15) is 37.4 Å². The number of benzene rings is 4. The molecule has 2 atom stereocenters. The largest absolute Gasteiger partial charge is 0.586 e. The molecule has 0 amide bonds. The normalized spacial score (nSPS) is 18.2. The Hall–Kier alpha value is -6.59. The molecule has 10 rings (SSSR count). The molecule has 0 bridgehead atoms. The van der Waals surface area contributed by atoms with E-state index < -0.39 is 35.6 Å². The first kappa shape index (κ1) is 50.4. The van der Waals surface area contributed by atoms with Gasteiger partial charge in [-0.2, -0.15) is 0 Å². The summed E-state index contributed by atoms with van der Waals surface area (Å²) in [6.07, 6.45) is -5.77. The SMILES string of the molecule is CC(C)(C)c1cc2cc(CC(=O)C3(c4ccc5c(c4)OC(F)(F)O5)CC3)ccc2n1C[C@@H](O)CN.CC(C)(C)c1cc2cc(CC(=O)C3(c4ccc5c(c4)OC(F)(F)O5)CC3)ccc2n1C[C@@H](O)CN=[N+]=[N-]. The Kier molecular flexibility index (Phi) is 12.7. The third kappa shape index (κ3) is 9.97. The van der Waals surface area contributed by atoms with Gasteiger partial charge in [-0.1, -0.05) is 70.9 Å². The van der Waals surface area contributed by atoms with Crippen molar-refractivity contribution < 1.29 is 56.3 Å². The van der Waals surface area contributed by atoms with Gasteiger partial charge in [-0.3, -0.25) is 9.59 Å². The summed E-state index contributed by atoms with van der Waals surface area (Å²) in [7, 11) is 0. The maximum absolute atomic E-state index is 13.4. The van der Waals surface area contributed by atoms with E-state index in [0.717, 1.165) is 44.3 Å². The van der Waals surface area contributed by atoms with Gasteiger partial charge in [-0.15, -0.1) is 17.6 Å². The van der Waals surface area contributed by atoms with Gasteiger partial charge in [-0.25, -0.2) is 0 Å². The van der Waals surface area contributed by atoms with E-state index in [1.165, 1.54) is 24.3 Å². The highest BCUT2D eigenvalue weighted by Gasteiger charge is 2.53. The van der Waals surface area contributed by atoms with Crippen molar-refractivity contribution in [3.8, 4) is 23.0 Å². The van der Waals surface area contributed by atoms with Gasteiger partial charge in [0.1, 0.15) is 11.6 Å². The van der Waals surface area contributed by atoms with Crippen LogP contribution in [0.4, 0.5) is 17.6 Å². The van der Waals surface area contributed by atoms with Crippen molar-refractivity contribution in [2.24, 2.45) is 10.8 Å². The monoisotopic (exact) mass is 994 g/mol. The predicted molar refractivity (Wildman–Crippen MR) is 261 cm³/mol. The van der Waals surface area contributed by atoms with Crippen LogP contribution in [-0.4, -0.2) is 68.8 Å². The highest BCUT2D eigenvalue weighted by atomic mass is 19.3. The van der Waals surface area contributed by atoms with E-state index in [0.29, 0.717) is 43.4 Å². The summed E-state index contributed by atoms with van der Waals surface area (Å²) < 4.78 is 76.0. The smallest absolute Gasteiger partial charge is 0.395 e. The number of rotatable bonds is 15. The number of nitrogens with two attached hydrogens (primary N) is 1. The Labute approximate surface area is 413 Å². The van der Waals surface area contributed by atoms with E-state index in [2.05, 4.69) is 87.2 Å². The minimum Gasteiger partial charge on any atom is -0.395 e. The van der Waals surface area contributed by atoms with E-state index in [-0.39, 0.29) is 77.9 Å². The Morgan fingerprint density at radius 2 is 1.04 bits per heavy atom. The number of alkyl halides is 4. The van der Waals surface area contributed by atoms with Crippen LogP contribution in [-0.2, 0) is 57.2 Å². The lowest BCUT2D eigenvalue weighted by molar-refractivity contribution is -0.287. The fraction of sp³-hybridized carbons (Fsp3) is 0.444. The van der Waals surface area contributed by atoms with Gasteiger partial charge in [-0.05, 0) is 114 Å². The molecular weight excluding hydrogens is 937 g/mol. The zero-order valence-corrected chi connectivity index (χ0v) is 41.0. The second-order valence-electron chi connectivity index (χ2n) is 21.5. The van der Waals surface area contributed by atoms with Crippen LogP contribution in [0.15, 0.2) is 90.0 Å². The molecule has 2 fully saturated rings. The molecule has 72 heavy (non-hydrogen) atoms. The molecule has 4 aliphatic rings. The molecule has 2 saturated carbocycles. The van der Waals surface area contributed by atoms with Gasteiger partial charge in [0.15, 0.2) is 23.0 Å². The average molecular weight is 995 g/mol. The third-order valence-corrected chi connectivity index (χ3v) is 14.1. The summed E-state index contributed by atoms with van der Waals surface area (Å²) in [5.74, 6) is -0.0721. The minimum absolute atomic E-state index is 0.0219. The molecular formula is C54H58F4N6O8. The van der Waals surface area contributed by atoms with Crippen molar-refractivity contribution in [3.05, 3.63) is 129 Å². The van der Waals surface area contributed by atoms with Crippen LogP contribution in [0.3, 0.4) is 0 Å². The van der Waals surface area contributed by atoms with Crippen LogP contribution in [0, 0.1) is 0 Å². The number of aliphatic hydroxyl groups excluding tert-OH is 2. The summed E-state index contributed by atoms with van der Waals surface area (Å²) in [5, 5.41) is 26.0. The Bertz CT molecular complexity index is 3160. The second-order valence-corrected chi connectivity index (χ2v) is 21.5. The molecule has 0 radical (unpaired) electrons. The molecule has 2 aliphatic heterocycles. The summed E-state index contributed by atoms with van der Waals surface area (Å²) in [5.41, 5.74) is 19.6. The number of aromatic nitrogens is 2. The van der Waals surface area contributed by atoms with Crippen LogP contribution in [0.2, 0.25) is 0 Å². The second kappa shape index (κ2) is 18.2. The van der Waals surface area contributed by atoms with Crippen LogP contribution < -0.4 is 24.7 Å². The first-order valence-electron chi connectivity index (χ1n) is 24.0. The Morgan fingerprint density at radius 3 is 1.42 bits per heavy atom. The molecule has 0 saturated heterocycles. The van der Waals surface area contributed by atoms with Crippen LogP contribution in [0.5, 0.6) is 23.0 Å². The zero-order chi connectivity index (χ0) is 51.8. The summed E-state index contributed by atoms with van der Waals surface area (Å²) >= 11 is 0. The molecule has 6 aromatic rings. The van der Waals surface area contributed by atoms with Gasteiger partial charge < -0.3 is 44.0 Å². The number of carbonyl (C=O) groups excluding carboxylic acids is 2. The minimum atomic E-state index is -3.70. The number of Topliss-reactive ketones (excluding diaryl/α,β-unsaturated/α-hetero) is 2. The fourth-order valence-electron chi connectivity index (χ4n) is 10.1. The quantitative estimate of drug-likeness (QED) is 0.0388. The molecule has 0 spiro atoms. The first-order valence-corrected chi connectivity index (χ1v) is 24.0. The van der Waals surface area contributed by atoms with Crippen molar-refractivity contribution in [2.75, 3.05) is 13.1 Å². The number of ether oxygens (including phenoxy) is 4. The number of azide groups is 1. The lowest BCUT2D eigenvalue weighted by atomic mass is 9.87. The number of fused-ring (bicyclic) bond motifs is 4. The molecule has 380 valence electrons. The first-order chi connectivity index (χ1) is 33.8. The number of nitrogens with zero attached hydrogens (tertiary/aromatic N) is 5. The number of hydrogen-bond acceptors (Lipinski definition) is 10. The topological polar surface area (TPSA) is 196 Å². The van der Waals surface area contributed by atoms with Gasteiger partial charge in [0.2, 0.25) is 0 Å². The van der Waals surface area contributed by atoms with Crippen LogP contribution >= 0.6 is 0 Å². The number of aliphatic hydroxyl groups is 2. The molecule has 18 heteroatoms. The van der Waals surface area contributed by atoms with Crippen molar-refractivity contribution in [1.29, 1.82) is 0 Å². The van der Waals surface area contributed by atoms with E-state index in [1.807, 2.05) is 41.0 Å². The highest BCUT2D eigenvalue weighted by molar-refractivity contribution is 5.96. The lowest BCUT2D eigenvalue weighted by Gasteiger charge is -2.23. The van der Waals surface area contributed by atoms with Gasteiger partial charge in [0.05, 0.1) is 36.1 Å². The number of carbonyl (C=O) groups is 2. The molecule has 4 aromatic carbocycles. The number of halogens is 4. The van der Waals surface area contributed by atoms with Gasteiger partial charge in [0.25, 0.3) is 0 Å². The Morgan fingerprint density at radius 1 is 0.639 bits per heavy atom. The molecule has 2 aromatic heterocycles. The van der Waals surface area contributed by atoms with Crippen molar-refractivity contribution in [1.82, 2.24) is 9.13 Å². The van der Waals surface area contributed by atoms with Crippen LogP contribution in [0.25, 0.3) is 32.2 Å². The maximum Gasteiger partial charge on any atom is 0.586 e. The van der Waals surface area contributed by atoms with Crippen molar-refractivity contribution in [3.63, 3.8) is 0 Å². The lowest BCUT2D eigenvalue weighted by Crippen LogP contribution is -2.28. The van der Waals surface area contributed by atoms with E-state index >= 15 is 0 Å². The summed E-state index contributed by atoms with van der Waals surface area (Å²) in [4.78, 5) is 29.6. The van der Waals surface area contributed by atoms with Gasteiger partial charge >= 0.3 is 12.6 Å². The standard InChI is InChI=1S/C27H28F2N4O4.C27H30F2N2O4/c1-25(2,3)23-12-17-10-16(4-6-20(17)33(23)15-19(34)14-31-32-30)11-24(35)26(8-9-26)18-5-7-21-22(13-18)37-27(28,29)36-21;1-25(2,3)23-12-17-10-16(4-6-20(17)31(23)15-19(32)14-30)11-24(33)26(8-9-26)18-5-7-21-22(13-18)35-27(28,29)34-21/h4-7,10,12-13,19,34H,8-9,11,14-15H2,1-3H3;4-7,10,12-13,19,32H,8-9,11,14-15,30H2,1-3H3/t2*19-/m00/s1. The van der Waals surface area contributed by atoms with Crippen molar-refractivity contribution in [2.45, 2.75) is 140 Å². The zero-order valence-electron chi connectivity index (χ0n) is 41.0. The number of ketones is 2. The van der Waals surface area contributed by atoms with Crippen LogP contribution in [0.1, 0.15) is 101 Å². The van der Waals surface area contributed by atoms with Gasteiger partial charge in [0, 0.05) is 74.9 Å². The molecule has 4 N–H and O–H groups in total. The molecule has 0 unspecified atom stereocenters. The van der Waals surface area contributed by atoms with E-state index in [1.54, 1.807) is 12.1 Å². The number of hydrogen-bond donors (Lipinski definition) is 3.